The molecule has 0 aliphatic carbocycles. The molecule has 0 saturated heterocycles. The molecule has 0 spiro atoms. The first-order valence-corrected chi connectivity index (χ1v) is 7.35. The van der Waals surface area contributed by atoms with Crippen molar-refractivity contribution in [3.05, 3.63) is 41.1 Å². The Bertz CT molecular complexity index is 575. The fourth-order valence-corrected chi connectivity index (χ4v) is 2.62. The minimum absolute atomic E-state index is 0.0191. The molecule has 0 saturated carbocycles. The van der Waals surface area contributed by atoms with Crippen molar-refractivity contribution in [2.45, 2.75) is 36.8 Å². The SMILES string of the molecule is CC(C)(C)c1cnc(CSc2ccc(N)cc2Cl)o1. The Balaban J connectivity index is 2.04. The van der Waals surface area contributed by atoms with E-state index in [2.05, 4.69) is 25.8 Å². The molecule has 102 valence electrons. The lowest BCUT2D eigenvalue weighted by molar-refractivity contribution is 0.391. The molecular formula is C14H17ClN2OS. The molecule has 5 heteroatoms. The van der Waals surface area contributed by atoms with Crippen LogP contribution in [0.4, 0.5) is 5.69 Å². The summed E-state index contributed by atoms with van der Waals surface area (Å²) < 4.78 is 5.73. The number of benzene rings is 1. The first-order valence-electron chi connectivity index (χ1n) is 5.99. The third-order valence-electron chi connectivity index (χ3n) is 2.60. The second-order valence-corrected chi connectivity index (χ2v) is 6.77. The van der Waals surface area contributed by atoms with Crippen molar-refractivity contribution in [1.82, 2.24) is 4.98 Å². The van der Waals surface area contributed by atoms with E-state index in [1.165, 1.54) is 0 Å². The van der Waals surface area contributed by atoms with Crippen LogP contribution in [-0.2, 0) is 11.2 Å². The molecule has 0 fully saturated rings. The maximum absolute atomic E-state index is 6.12. The maximum atomic E-state index is 6.12. The van der Waals surface area contributed by atoms with Crippen molar-refractivity contribution in [3.8, 4) is 0 Å². The summed E-state index contributed by atoms with van der Waals surface area (Å²) in [4.78, 5) is 5.27. The zero-order valence-electron chi connectivity index (χ0n) is 11.2. The number of nitrogens with zero attached hydrogens (tertiary/aromatic N) is 1. The molecule has 3 nitrogen and oxygen atoms in total. The Hall–Kier alpha value is -1.13. The van der Waals surface area contributed by atoms with E-state index < -0.39 is 0 Å². The van der Waals surface area contributed by atoms with Gasteiger partial charge in [0.2, 0.25) is 5.89 Å². The average molecular weight is 297 g/mol. The molecule has 0 unspecified atom stereocenters. The third-order valence-corrected chi connectivity index (χ3v) is 4.08. The minimum Gasteiger partial charge on any atom is -0.444 e. The highest BCUT2D eigenvalue weighted by Crippen LogP contribution is 2.32. The van der Waals surface area contributed by atoms with Crippen molar-refractivity contribution < 1.29 is 4.42 Å². The van der Waals surface area contributed by atoms with E-state index in [0.717, 1.165) is 10.7 Å². The second kappa shape index (κ2) is 5.47. The van der Waals surface area contributed by atoms with Gasteiger partial charge < -0.3 is 10.2 Å². The van der Waals surface area contributed by atoms with Crippen LogP contribution in [0.25, 0.3) is 0 Å². The predicted molar refractivity (Wildman–Crippen MR) is 80.6 cm³/mol. The Labute approximate surface area is 122 Å². The smallest absolute Gasteiger partial charge is 0.204 e. The normalized spacial score (nSPS) is 11.8. The van der Waals surface area contributed by atoms with Gasteiger partial charge in [-0.15, -0.1) is 11.8 Å². The van der Waals surface area contributed by atoms with Gasteiger partial charge in [0.15, 0.2) is 0 Å². The molecule has 1 heterocycles. The van der Waals surface area contributed by atoms with Crippen LogP contribution < -0.4 is 5.73 Å². The van der Waals surface area contributed by atoms with E-state index >= 15 is 0 Å². The minimum atomic E-state index is -0.0191. The number of hydrogen-bond donors (Lipinski definition) is 1. The van der Waals surface area contributed by atoms with Crippen LogP contribution in [0.1, 0.15) is 32.4 Å². The molecular weight excluding hydrogens is 280 g/mol. The van der Waals surface area contributed by atoms with E-state index in [1.54, 1.807) is 24.0 Å². The molecule has 2 rings (SSSR count). The van der Waals surface area contributed by atoms with Gasteiger partial charge >= 0.3 is 0 Å². The lowest BCUT2D eigenvalue weighted by atomic mass is 9.94. The summed E-state index contributed by atoms with van der Waals surface area (Å²) in [6.07, 6.45) is 1.79. The van der Waals surface area contributed by atoms with Crippen LogP contribution >= 0.6 is 23.4 Å². The van der Waals surface area contributed by atoms with Crippen molar-refractivity contribution >= 4 is 29.1 Å². The fraction of sp³-hybridized carbons (Fsp3) is 0.357. The Morgan fingerprint density at radius 2 is 2.11 bits per heavy atom. The van der Waals surface area contributed by atoms with Crippen molar-refractivity contribution in [2.24, 2.45) is 0 Å². The quantitative estimate of drug-likeness (QED) is 0.669. The van der Waals surface area contributed by atoms with Crippen LogP contribution in [-0.4, -0.2) is 4.98 Å². The Kier molecular flexibility index (Phi) is 4.11. The van der Waals surface area contributed by atoms with Gasteiger partial charge in [0.1, 0.15) is 5.76 Å². The maximum Gasteiger partial charge on any atom is 0.204 e. The number of nitrogen functional groups attached to an aromatic ring is 1. The van der Waals surface area contributed by atoms with Crippen molar-refractivity contribution in [1.29, 1.82) is 0 Å². The van der Waals surface area contributed by atoms with E-state index in [9.17, 15) is 0 Å². The summed E-state index contributed by atoms with van der Waals surface area (Å²) in [6, 6.07) is 5.50. The molecule has 0 aliphatic rings. The van der Waals surface area contributed by atoms with Crippen LogP contribution in [0.15, 0.2) is 33.7 Å². The summed E-state index contributed by atoms with van der Waals surface area (Å²) in [5.74, 6) is 2.26. The Morgan fingerprint density at radius 1 is 1.37 bits per heavy atom. The van der Waals surface area contributed by atoms with E-state index in [0.29, 0.717) is 22.4 Å². The van der Waals surface area contributed by atoms with E-state index in [1.807, 2.05) is 12.1 Å². The molecule has 2 aromatic rings. The summed E-state index contributed by atoms with van der Waals surface area (Å²) in [7, 11) is 0. The van der Waals surface area contributed by atoms with Gasteiger partial charge in [0, 0.05) is 16.0 Å². The highest BCUT2D eigenvalue weighted by molar-refractivity contribution is 7.98. The second-order valence-electron chi connectivity index (χ2n) is 5.35. The first kappa shape index (κ1) is 14.3. The zero-order valence-corrected chi connectivity index (χ0v) is 12.8. The van der Waals surface area contributed by atoms with Crippen LogP contribution in [0, 0.1) is 0 Å². The third kappa shape index (κ3) is 3.67. The number of nitrogens with two attached hydrogens (primary N) is 1. The summed E-state index contributed by atoms with van der Waals surface area (Å²) in [5, 5.41) is 0.660. The highest BCUT2D eigenvalue weighted by Gasteiger charge is 2.19. The molecule has 19 heavy (non-hydrogen) atoms. The number of thioether (sulfide) groups is 1. The van der Waals surface area contributed by atoms with Gasteiger partial charge in [0.05, 0.1) is 17.0 Å². The van der Waals surface area contributed by atoms with E-state index in [4.69, 9.17) is 21.8 Å². The monoisotopic (exact) mass is 296 g/mol. The van der Waals surface area contributed by atoms with Crippen LogP contribution in [0.2, 0.25) is 5.02 Å². The molecule has 0 radical (unpaired) electrons. The first-order chi connectivity index (χ1) is 8.86. The van der Waals surface area contributed by atoms with Gasteiger partial charge in [-0.2, -0.15) is 0 Å². The molecule has 1 aromatic carbocycles. The van der Waals surface area contributed by atoms with E-state index in [-0.39, 0.29) is 5.41 Å². The lowest BCUT2D eigenvalue weighted by Crippen LogP contribution is -2.09. The molecule has 1 aromatic heterocycles. The average Bonchev–Trinajstić information content (AvgIpc) is 2.76. The molecule has 2 N–H and O–H groups in total. The standard InChI is InChI=1S/C14H17ClN2OS/c1-14(2,3)12-7-17-13(18-12)8-19-11-5-4-9(16)6-10(11)15/h4-7H,8,16H2,1-3H3. The van der Waals surface area contributed by atoms with Gasteiger partial charge in [-0.25, -0.2) is 4.98 Å². The van der Waals surface area contributed by atoms with Gasteiger partial charge in [-0.05, 0) is 18.2 Å². The lowest BCUT2D eigenvalue weighted by Gasteiger charge is -2.13. The number of halogens is 1. The fourth-order valence-electron chi connectivity index (χ4n) is 1.50. The number of oxazole rings is 1. The van der Waals surface area contributed by atoms with Gasteiger partial charge in [-0.3, -0.25) is 0 Å². The topological polar surface area (TPSA) is 52.0 Å². The highest BCUT2D eigenvalue weighted by atomic mass is 35.5. The summed E-state index contributed by atoms with van der Waals surface area (Å²) >= 11 is 7.71. The van der Waals surface area contributed by atoms with Crippen LogP contribution in [0.3, 0.4) is 0 Å². The summed E-state index contributed by atoms with van der Waals surface area (Å²) in [5.41, 5.74) is 6.31. The predicted octanol–water partition coefficient (Wildman–Crippen LogP) is 4.50. The number of hydrogen-bond acceptors (Lipinski definition) is 4. The van der Waals surface area contributed by atoms with Crippen molar-refractivity contribution in [2.75, 3.05) is 5.73 Å². The molecule has 0 aliphatic heterocycles. The number of aromatic nitrogens is 1. The molecule has 0 atom stereocenters. The molecule has 0 bridgehead atoms. The van der Waals surface area contributed by atoms with Crippen LogP contribution in [0.5, 0.6) is 0 Å². The van der Waals surface area contributed by atoms with Gasteiger partial charge in [0.25, 0.3) is 0 Å². The molecule has 0 amide bonds. The number of anilines is 1. The largest absolute Gasteiger partial charge is 0.444 e. The van der Waals surface area contributed by atoms with Crippen molar-refractivity contribution in [3.63, 3.8) is 0 Å². The number of rotatable bonds is 3. The summed E-state index contributed by atoms with van der Waals surface area (Å²) in [6.45, 7) is 6.30. The zero-order chi connectivity index (χ0) is 14.0. The Morgan fingerprint density at radius 3 is 2.68 bits per heavy atom. The van der Waals surface area contributed by atoms with Gasteiger partial charge in [-0.1, -0.05) is 32.4 Å².